The average Bonchev–Trinajstić information content (AvgIpc) is 3.21. The molecule has 126 valence electrons. The summed E-state index contributed by atoms with van der Waals surface area (Å²) in [6, 6.07) is 12.4. The van der Waals surface area contributed by atoms with Gasteiger partial charge in [0.15, 0.2) is 5.82 Å². The van der Waals surface area contributed by atoms with E-state index in [2.05, 4.69) is 57.9 Å². The van der Waals surface area contributed by atoms with Gasteiger partial charge in [0.2, 0.25) is 0 Å². The van der Waals surface area contributed by atoms with Gasteiger partial charge in [-0.1, -0.05) is 13.0 Å². The van der Waals surface area contributed by atoms with E-state index < -0.39 is 0 Å². The number of aromatic nitrogens is 4. The molecule has 0 bridgehead atoms. The summed E-state index contributed by atoms with van der Waals surface area (Å²) in [5.41, 5.74) is 12.6. The molecule has 5 nitrogen and oxygen atoms in total. The molecule has 0 spiro atoms. The number of benzene rings is 2. The second-order valence-corrected chi connectivity index (χ2v) is 6.34. The van der Waals surface area contributed by atoms with Crippen LogP contribution in [0.1, 0.15) is 23.9 Å². The van der Waals surface area contributed by atoms with Crippen molar-refractivity contribution in [3.05, 3.63) is 59.5 Å². The molecule has 5 heteroatoms. The summed E-state index contributed by atoms with van der Waals surface area (Å²) < 4.78 is 2.08. The molecule has 0 aliphatic heterocycles. The zero-order chi connectivity index (χ0) is 17.6. The number of nitrogens with zero attached hydrogens (tertiary/aromatic N) is 3. The highest BCUT2D eigenvalue weighted by Crippen LogP contribution is 2.32. The molecule has 0 saturated heterocycles. The van der Waals surface area contributed by atoms with Crippen LogP contribution in [0.3, 0.4) is 0 Å². The first-order valence-corrected chi connectivity index (χ1v) is 8.48. The molecule has 4 aromatic rings. The number of nitrogen functional groups attached to an aromatic ring is 1. The molecule has 0 amide bonds. The monoisotopic (exact) mass is 331 g/mol. The highest BCUT2D eigenvalue weighted by molar-refractivity contribution is 5.89. The van der Waals surface area contributed by atoms with E-state index in [0.29, 0.717) is 0 Å². The summed E-state index contributed by atoms with van der Waals surface area (Å²) in [5, 5.41) is 9.90. The van der Waals surface area contributed by atoms with E-state index in [1.54, 1.807) is 0 Å². The van der Waals surface area contributed by atoms with Crippen molar-refractivity contribution in [3.63, 3.8) is 0 Å². The largest absolute Gasteiger partial charge is 0.398 e. The van der Waals surface area contributed by atoms with Gasteiger partial charge in [0, 0.05) is 28.4 Å². The molecule has 0 fully saturated rings. The predicted octanol–water partition coefficient (Wildman–Crippen LogP) is 4.18. The molecule has 4 rings (SSSR count). The van der Waals surface area contributed by atoms with Crippen molar-refractivity contribution < 1.29 is 0 Å². The second-order valence-electron chi connectivity index (χ2n) is 6.34. The molecular formula is C20H21N5. The minimum absolute atomic E-state index is 0.726. The lowest BCUT2D eigenvalue weighted by molar-refractivity contribution is 0.978. The van der Waals surface area contributed by atoms with Crippen LogP contribution in [-0.4, -0.2) is 19.7 Å². The minimum atomic E-state index is 0.726. The van der Waals surface area contributed by atoms with Crippen molar-refractivity contribution >= 4 is 16.6 Å². The maximum atomic E-state index is 6.34. The van der Waals surface area contributed by atoms with Gasteiger partial charge in [0.1, 0.15) is 5.82 Å². The number of nitrogens with one attached hydrogen (secondary N) is 1. The van der Waals surface area contributed by atoms with Crippen LogP contribution in [0.15, 0.2) is 42.6 Å². The zero-order valence-corrected chi connectivity index (χ0v) is 14.7. The Bertz CT molecular complexity index is 1070. The Balaban J connectivity index is 2.00. The number of hydrogen-bond acceptors (Lipinski definition) is 3. The summed E-state index contributed by atoms with van der Waals surface area (Å²) >= 11 is 0. The van der Waals surface area contributed by atoms with Crippen molar-refractivity contribution in [1.29, 1.82) is 0 Å². The van der Waals surface area contributed by atoms with E-state index in [0.717, 1.165) is 45.9 Å². The number of anilines is 1. The van der Waals surface area contributed by atoms with Crippen molar-refractivity contribution in [2.45, 2.75) is 27.2 Å². The third-order valence-corrected chi connectivity index (χ3v) is 4.77. The van der Waals surface area contributed by atoms with Gasteiger partial charge >= 0.3 is 0 Å². The van der Waals surface area contributed by atoms with Gasteiger partial charge in [-0.2, -0.15) is 0 Å². The third-order valence-electron chi connectivity index (χ3n) is 4.77. The fraction of sp³-hybridized carbons (Fsp3) is 0.200. The van der Waals surface area contributed by atoms with Gasteiger partial charge < -0.3 is 10.7 Å². The molecule has 25 heavy (non-hydrogen) atoms. The first-order chi connectivity index (χ1) is 12.1. The molecule has 2 aromatic heterocycles. The van der Waals surface area contributed by atoms with Gasteiger partial charge in [-0.25, -0.2) is 0 Å². The Kier molecular flexibility index (Phi) is 3.57. The van der Waals surface area contributed by atoms with Crippen LogP contribution in [-0.2, 0) is 6.42 Å². The second kappa shape index (κ2) is 5.77. The Labute approximate surface area is 146 Å². The summed E-state index contributed by atoms with van der Waals surface area (Å²) in [7, 11) is 0. The first kappa shape index (κ1) is 15.4. The summed E-state index contributed by atoms with van der Waals surface area (Å²) in [6.45, 7) is 6.21. The molecule has 0 radical (unpaired) electrons. The van der Waals surface area contributed by atoms with E-state index in [9.17, 15) is 0 Å². The summed E-state index contributed by atoms with van der Waals surface area (Å²) in [4.78, 5) is 3.26. The van der Waals surface area contributed by atoms with Crippen molar-refractivity contribution in [3.8, 4) is 17.1 Å². The van der Waals surface area contributed by atoms with Crippen LogP contribution >= 0.6 is 0 Å². The Morgan fingerprint density at radius 1 is 1.12 bits per heavy atom. The minimum Gasteiger partial charge on any atom is -0.398 e. The smallest absolute Gasteiger partial charge is 0.170 e. The maximum absolute atomic E-state index is 6.34. The normalized spacial score (nSPS) is 11.3. The zero-order valence-electron chi connectivity index (χ0n) is 14.7. The number of fused-ring (bicyclic) bond motifs is 1. The maximum Gasteiger partial charge on any atom is 0.170 e. The van der Waals surface area contributed by atoms with E-state index in [1.807, 2.05) is 25.3 Å². The average molecular weight is 331 g/mol. The highest BCUT2D eigenvalue weighted by Gasteiger charge is 2.18. The first-order valence-electron chi connectivity index (χ1n) is 8.48. The van der Waals surface area contributed by atoms with Gasteiger partial charge in [0.05, 0.1) is 5.69 Å². The molecule has 0 aliphatic rings. The van der Waals surface area contributed by atoms with Crippen molar-refractivity contribution in [2.75, 3.05) is 5.73 Å². The quantitative estimate of drug-likeness (QED) is 0.553. The molecule has 0 atom stereocenters. The fourth-order valence-electron chi connectivity index (χ4n) is 3.44. The number of nitrogens with two attached hydrogens (primary N) is 1. The van der Waals surface area contributed by atoms with Crippen LogP contribution in [0.4, 0.5) is 5.69 Å². The van der Waals surface area contributed by atoms with E-state index >= 15 is 0 Å². The molecule has 2 aromatic carbocycles. The van der Waals surface area contributed by atoms with Gasteiger partial charge in [-0.3, -0.25) is 4.57 Å². The molecule has 2 heterocycles. The SMILES string of the molecule is CCc1cc(-c2nnc(C)n2-c2cccc3[nH]ccc23)c(N)cc1C. The highest BCUT2D eigenvalue weighted by atomic mass is 15.3. The molecule has 0 aliphatic carbocycles. The third kappa shape index (κ3) is 2.39. The van der Waals surface area contributed by atoms with Crippen LogP contribution in [0.5, 0.6) is 0 Å². The van der Waals surface area contributed by atoms with Gasteiger partial charge in [-0.15, -0.1) is 10.2 Å². The molecule has 0 saturated carbocycles. The Morgan fingerprint density at radius 3 is 2.76 bits per heavy atom. The lowest BCUT2D eigenvalue weighted by Crippen LogP contribution is -2.03. The van der Waals surface area contributed by atoms with Crippen LogP contribution in [0.2, 0.25) is 0 Å². The lowest BCUT2D eigenvalue weighted by Gasteiger charge is -2.14. The molecule has 3 N–H and O–H groups in total. The molecule has 0 unspecified atom stereocenters. The van der Waals surface area contributed by atoms with Gasteiger partial charge in [-0.05, 0) is 61.7 Å². The van der Waals surface area contributed by atoms with E-state index in [4.69, 9.17) is 5.73 Å². The van der Waals surface area contributed by atoms with E-state index in [-0.39, 0.29) is 0 Å². The number of rotatable bonds is 3. The number of aromatic amines is 1. The topological polar surface area (TPSA) is 72.5 Å². The number of hydrogen-bond donors (Lipinski definition) is 2. The van der Waals surface area contributed by atoms with Gasteiger partial charge in [0.25, 0.3) is 0 Å². The summed E-state index contributed by atoms with van der Waals surface area (Å²) in [6.07, 6.45) is 2.91. The fourth-order valence-corrected chi connectivity index (χ4v) is 3.44. The van der Waals surface area contributed by atoms with E-state index in [1.165, 1.54) is 11.1 Å². The van der Waals surface area contributed by atoms with Crippen molar-refractivity contribution in [1.82, 2.24) is 19.7 Å². The summed E-state index contributed by atoms with van der Waals surface area (Å²) in [5.74, 6) is 1.61. The van der Waals surface area contributed by atoms with Crippen molar-refractivity contribution in [2.24, 2.45) is 0 Å². The Morgan fingerprint density at radius 2 is 1.96 bits per heavy atom. The van der Waals surface area contributed by atoms with Crippen LogP contribution in [0.25, 0.3) is 28.0 Å². The lowest BCUT2D eigenvalue weighted by atomic mass is 10.0. The Hall–Kier alpha value is -3.08. The molecular weight excluding hydrogens is 310 g/mol. The predicted molar refractivity (Wildman–Crippen MR) is 102 cm³/mol. The number of H-pyrrole nitrogens is 1. The van der Waals surface area contributed by atoms with Crippen LogP contribution in [0, 0.1) is 13.8 Å². The van der Waals surface area contributed by atoms with Crippen LogP contribution < -0.4 is 5.73 Å². The standard InChI is InChI=1S/C20H21N5/c1-4-14-11-16(17(21)10-12(14)2)20-24-23-13(3)25(20)19-7-5-6-18-15(19)8-9-22-18/h5-11,22H,4,21H2,1-3H3. The number of aryl methyl sites for hydroxylation is 3.